The molecule has 16 heavy (non-hydrogen) atoms. The third kappa shape index (κ3) is 14.6. The van der Waals surface area contributed by atoms with E-state index in [1.54, 1.807) is 27.7 Å². The van der Waals surface area contributed by atoms with Crippen molar-refractivity contribution in [1.29, 1.82) is 0 Å². The zero-order chi connectivity index (χ0) is 11.4. The molecule has 0 fully saturated rings. The van der Waals surface area contributed by atoms with Crippen LogP contribution < -0.4 is 0 Å². The zero-order valence-corrected chi connectivity index (χ0v) is 12.7. The first-order chi connectivity index (χ1) is 6.14. The minimum atomic E-state index is -0.805. The third-order valence-electron chi connectivity index (χ3n) is 1.64. The van der Waals surface area contributed by atoms with Gasteiger partial charge in [0.05, 0.1) is 17.8 Å². The molecule has 0 spiro atoms. The monoisotopic (exact) mass is 268 g/mol. The molecule has 0 aliphatic heterocycles. The Hall–Kier alpha value is 0.554. The second-order valence-corrected chi connectivity index (χ2v) is 5.06. The molecule has 0 aromatic rings. The first-order valence-electron chi connectivity index (χ1n) is 4.92. The molecular weight excluding hydrogens is 242 g/mol. The molecule has 4 nitrogen and oxygen atoms in total. The van der Waals surface area contributed by atoms with Gasteiger partial charge in [-0.3, -0.25) is 4.90 Å². The summed E-state index contributed by atoms with van der Waals surface area (Å²) in [5, 5.41) is 28.0. The van der Waals surface area contributed by atoms with E-state index in [1.807, 2.05) is 4.90 Å². The Bertz CT molecular complexity index is 148. The molecule has 0 aliphatic carbocycles. The van der Waals surface area contributed by atoms with Gasteiger partial charge in [0.2, 0.25) is 0 Å². The van der Waals surface area contributed by atoms with Gasteiger partial charge in [0.25, 0.3) is 0 Å². The van der Waals surface area contributed by atoms with Crippen molar-refractivity contribution >= 4 is 0 Å². The van der Waals surface area contributed by atoms with Gasteiger partial charge in [-0.05, 0) is 27.7 Å². The number of hydrogen-bond donors (Lipinski definition) is 3. The third-order valence-corrected chi connectivity index (χ3v) is 1.64. The van der Waals surface area contributed by atoms with Gasteiger partial charge in [-0.2, -0.15) is 0 Å². The summed E-state index contributed by atoms with van der Waals surface area (Å²) in [5.41, 5.74) is -1.61. The van der Waals surface area contributed by atoms with Gasteiger partial charge in [0.1, 0.15) is 0 Å². The largest absolute Gasteiger partial charge is 0.395 e. The van der Waals surface area contributed by atoms with Gasteiger partial charge in [-0.25, -0.2) is 0 Å². The van der Waals surface area contributed by atoms with Crippen LogP contribution in [0.4, 0.5) is 0 Å². The van der Waals surface area contributed by atoms with Crippen molar-refractivity contribution < 1.29 is 37.0 Å². The van der Waals surface area contributed by atoms with E-state index < -0.39 is 11.2 Å². The molecule has 0 rings (SSSR count). The molecule has 98 valence electrons. The van der Waals surface area contributed by atoms with Crippen LogP contribution in [0.25, 0.3) is 0 Å². The maximum Gasteiger partial charge on any atom is 0.0718 e. The Kier molecular flexibility index (Phi) is 11.7. The Morgan fingerprint density at radius 3 is 1.44 bits per heavy atom. The number of aliphatic hydroxyl groups is 3. The number of aliphatic hydroxyl groups excluding tert-OH is 1. The van der Waals surface area contributed by atoms with Crippen molar-refractivity contribution in [3.8, 4) is 0 Å². The fraction of sp³-hybridized carbons (Fsp3) is 0.909. The summed E-state index contributed by atoms with van der Waals surface area (Å²) in [4.78, 5) is 1.85. The topological polar surface area (TPSA) is 63.9 Å². The van der Waals surface area contributed by atoms with Crippen molar-refractivity contribution in [2.24, 2.45) is 0 Å². The summed E-state index contributed by atoms with van der Waals surface area (Å²) in [6.45, 7) is 8.22. The molecule has 0 radical (unpaired) electrons. The maximum absolute atomic E-state index is 9.61. The van der Waals surface area contributed by atoms with Crippen LogP contribution in [0.3, 0.4) is 0 Å². The molecule has 0 aliphatic rings. The molecule has 0 aromatic carbocycles. The van der Waals surface area contributed by atoms with Gasteiger partial charge < -0.3 is 22.7 Å². The van der Waals surface area contributed by atoms with E-state index in [2.05, 4.69) is 0 Å². The zero-order valence-electron chi connectivity index (χ0n) is 11.1. The minimum Gasteiger partial charge on any atom is -0.395 e. The molecule has 0 aromatic heterocycles. The summed E-state index contributed by atoms with van der Waals surface area (Å²) in [6, 6.07) is 0. The predicted octanol–water partition coefficient (Wildman–Crippen LogP) is 0.270. The number of hydrogen-bond acceptors (Lipinski definition) is 4. The molecule has 0 amide bonds. The SMILES string of the molecule is CC(C)(O)CN(CCO)CC(C)(C)O.[CH3-].[Ti]. The molecule has 0 heterocycles. The molecule has 0 atom stereocenters. The number of nitrogens with zero attached hydrogens (tertiary/aromatic N) is 1. The van der Waals surface area contributed by atoms with Crippen molar-refractivity contribution in [1.82, 2.24) is 4.90 Å². The Balaban J connectivity index is -0.000000845. The van der Waals surface area contributed by atoms with Crippen LogP contribution in [0.1, 0.15) is 27.7 Å². The average Bonchev–Trinajstić information content (AvgIpc) is 1.78. The van der Waals surface area contributed by atoms with Crippen LogP contribution in [0.2, 0.25) is 0 Å². The van der Waals surface area contributed by atoms with Crippen LogP contribution in [-0.4, -0.2) is 57.7 Å². The normalized spacial score (nSPS) is 12.0. The minimum absolute atomic E-state index is 0. The van der Waals surface area contributed by atoms with Crippen molar-refractivity contribution in [3.05, 3.63) is 7.43 Å². The first kappa shape index (κ1) is 21.8. The predicted molar refractivity (Wildman–Crippen MR) is 62.5 cm³/mol. The Morgan fingerprint density at radius 1 is 0.938 bits per heavy atom. The van der Waals surface area contributed by atoms with Gasteiger partial charge in [-0.1, -0.05) is 0 Å². The van der Waals surface area contributed by atoms with E-state index in [0.717, 1.165) is 0 Å². The van der Waals surface area contributed by atoms with Crippen LogP contribution in [0.5, 0.6) is 0 Å². The second kappa shape index (κ2) is 8.62. The summed E-state index contributed by atoms with van der Waals surface area (Å²) in [6.07, 6.45) is 0. The number of rotatable bonds is 6. The van der Waals surface area contributed by atoms with Crippen LogP contribution >= 0.6 is 0 Å². The molecule has 0 saturated carbocycles. The van der Waals surface area contributed by atoms with E-state index in [9.17, 15) is 10.2 Å². The Morgan fingerprint density at radius 2 is 1.25 bits per heavy atom. The van der Waals surface area contributed by atoms with Gasteiger partial charge >= 0.3 is 0 Å². The average molecular weight is 268 g/mol. The summed E-state index contributed by atoms with van der Waals surface area (Å²) in [5.74, 6) is 0. The van der Waals surface area contributed by atoms with E-state index >= 15 is 0 Å². The van der Waals surface area contributed by atoms with E-state index in [4.69, 9.17) is 5.11 Å². The van der Waals surface area contributed by atoms with E-state index in [-0.39, 0.29) is 35.8 Å². The first-order valence-corrected chi connectivity index (χ1v) is 4.92. The van der Waals surface area contributed by atoms with Crippen molar-refractivity contribution in [2.75, 3.05) is 26.2 Å². The Labute approximate surface area is 115 Å². The summed E-state index contributed by atoms with van der Waals surface area (Å²) >= 11 is 0. The van der Waals surface area contributed by atoms with Gasteiger partial charge in [0.15, 0.2) is 0 Å². The fourth-order valence-corrected chi connectivity index (χ4v) is 1.45. The van der Waals surface area contributed by atoms with Crippen LogP contribution in [0, 0.1) is 7.43 Å². The van der Waals surface area contributed by atoms with E-state index in [0.29, 0.717) is 19.6 Å². The van der Waals surface area contributed by atoms with Gasteiger partial charge in [0, 0.05) is 41.4 Å². The van der Waals surface area contributed by atoms with Crippen molar-refractivity contribution in [2.45, 2.75) is 38.9 Å². The summed E-state index contributed by atoms with van der Waals surface area (Å²) in [7, 11) is 0. The van der Waals surface area contributed by atoms with Crippen molar-refractivity contribution in [3.63, 3.8) is 0 Å². The quantitative estimate of drug-likeness (QED) is 0.478. The molecular formula is C11H26NO3Ti-. The molecule has 5 heteroatoms. The maximum atomic E-state index is 9.61. The smallest absolute Gasteiger partial charge is 0.0718 e. The van der Waals surface area contributed by atoms with E-state index in [1.165, 1.54) is 0 Å². The molecule has 3 N–H and O–H groups in total. The van der Waals surface area contributed by atoms with Crippen LogP contribution in [0.15, 0.2) is 0 Å². The fourth-order valence-electron chi connectivity index (χ4n) is 1.45. The standard InChI is InChI=1S/C10H23NO3.CH3.Ti/c1-9(2,13)7-11(5-6-12)8-10(3,4)14;;/h12-14H,5-8H2,1-4H3;1H3;/q;-1;. The summed E-state index contributed by atoms with van der Waals surface area (Å²) < 4.78 is 0. The second-order valence-electron chi connectivity index (χ2n) is 5.06. The van der Waals surface area contributed by atoms with Gasteiger partial charge in [-0.15, -0.1) is 0 Å². The van der Waals surface area contributed by atoms with Crippen LogP contribution in [-0.2, 0) is 21.7 Å². The molecule has 0 unspecified atom stereocenters. The molecule has 0 bridgehead atoms. The molecule has 0 saturated heterocycles.